The average Bonchev–Trinajstić information content (AvgIpc) is 3.02. The Labute approximate surface area is 144 Å². The Kier molecular flexibility index (Phi) is 4.10. The molecule has 24 heavy (non-hydrogen) atoms. The van der Waals surface area contributed by atoms with Crippen LogP contribution in [0.25, 0.3) is 16.2 Å². The fourth-order valence-corrected chi connectivity index (χ4v) is 3.94. The Morgan fingerprint density at radius 2 is 2.04 bits per heavy atom. The number of aliphatic hydroxyl groups is 1. The molecule has 0 spiro atoms. The van der Waals surface area contributed by atoms with Gasteiger partial charge in [0.05, 0.1) is 18.5 Å². The average molecular weight is 367 g/mol. The lowest BCUT2D eigenvalue weighted by molar-refractivity contribution is 0.0773. The molecule has 7 nitrogen and oxygen atoms in total. The van der Waals surface area contributed by atoms with Crippen molar-refractivity contribution in [2.75, 3.05) is 7.11 Å². The third kappa shape index (κ3) is 2.79. The van der Waals surface area contributed by atoms with Gasteiger partial charge in [0, 0.05) is 5.56 Å². The maximum Gasteiger partial charge on any atom is 0.213 e. The number of hydrogen-bond donors (Lipinski definition) is 2. The predicted octanol–water partition coefficient (Wildman–Crippen LogP) is 1.97. The van der Waals surface area contributed by atoms with Crippen LogP contribution in [0.15, 0.2) is 23.1 Å². The Balaban J connectivity index is 2.24. The second-order valence-electron chi connectivity index (χ2n) is 5.85. The third-order valence-electron chi connectivity index (χ3n) is 3.55. The van der Waals surface area contributed by atoms with Crippen LogP contribution in [0.5, 0.6) is 5.75 Å². The fraction of sp³-hybridized carbons (Fsp3) is 0.333. The molecule has 0 fully saturated rings. The maximum atomic E-state index is 11.5. The smallest absolute Gasteiger partial charge is 0.213 e. The van der Waals surface area contributed by atoms with Crippen LogP contribution in [0.4, 0.5) is 0 Å². The SMILES string of the molecule is COc1ccc(-c2c(C)nc3sc(C(C)(C)O)nn23)cc1[SH](=O)=O. The van der Waals surface area contributed by atoms with Crippen molar-refractivity contribution < 1.29 is 18.3 Å². The first-order valence-corrected chi connectivity index (χ1v) is 9.13. The Morgan fingerprint density at radius 1 is 1.33 bits per heavy atom. The molecule has 0 radical (unpaired) electrons. The molecule has 0 aliphatic carbocycles. The van der Waals surface area contributed by atoms with Crippen molar-refractivity contribution in [1.82, 2.24) is 14.6 Å². The quantitative estimate of drug-likeness (QED) is 0.685. The lowest BCUT2D eigenvalue weighted by Crippen LogP contribution is -2.15. The number of fused-ring (bicyclic) bond motifs is 1. The van der Waals surface area contributed by atoms with Crippen molar-refractivity contribution in [2.45, 2.75) is 31.3 Å². The fourth-order valence-electron chi connectivity index (χ4n) is 2.41. The molecule has 9 heteroatoms. The van der Waals surface area contributed by atoms with Gasteiger partial charge in [0.1, 0.15) is 21.3 Å². The van der Waals surface area contributed by atoms with Gasteiger partial charge in [0.25, 0.3) is 0 Å². The molecular formula is C15H17N3O4S2. The van der Waals surface area contributed by atoms with Gasteiger partial charge in [-0.2, -0.15) is 5.10 Å². The number of nitrogens with zero attached hydrogens (tertiary/aromatic N) is 3. The number of aromatic nitrogens is 3. The summed E-state index contributed by atoms with van der Waals surface area (Å²) in [5.41, 5.74) is 1.02. The van der Waals surface area contributed by atoms with Crippen molar-refractivity contribution in [3.8, 4) is 17.0 Å². The van der Waals surface area contributed by atoms with Crippen LogP contribution in [0, 0.1) is 6.92 Å². The molecule has 2 aromatic heterocycles. The highest BCUT2D eigenvalue weighted by atomic mass is 32.2. The minimum absolute atomic E-state index is 0.109. The van der Waals surface area contributed by atoms with Gasteiger partial charge in [0.15, 0.2) is 10.7 Å². The predicted molar refractivity (Wildman–Crippen MR) is 91.4 cm³/mol. The summed E-state index contributed by atoms with van der Waals surface area (Å²) >= 11 is 1.30. The molecule has 0 saturated carbocycles. The molecule has 0 bridgehead atoms. The lowest BCUT2D eigenvalue weighted by atomic mass is 10.1. The van der Waals surface area contributed by atoms with E-state index in [0.29, 0.717) is 27.0 Å². The van der Waals surface area contributed by atoms with E-state index in [1.54, 1.807) is 36.6 Å². The zero-order valence-corrected chi connectivity index (χ0v) is 15.3. The topological polar surface area (TPSA) is 93.8 Å². The maximum absolute atomic E-state index is 11.5. The largest absolute Gasteiger partial charge is 0.495 e. The van der Waals surface area contributed by atoms with E-state index < -0.39 is 16.3 Å². The Bertz CT molecular complexity index is 988. The van der Waals surface area contributed by atoms with Crippen LogP contribution in [0.2, 0.25) is 0 Å². The van der Waals surface area contributed by atoms with Crippen molar-refractivity contribution in [2.24, 2.45) is 0 Å². The molecule has 128 valence electrons. The first kappa shape index (κ1) is 16.9. The summed E-state index contributed by atoms with van der Waals surface area (Å²) in [5.74, 6) is 0.295. The molecule has 2 heterocycles. The Hall–Kier alpha value is -1.97. The van der Waals surface area contributed by atoms with Gasteiger partial charge in [0.2, 0.25) is 4.96 Å². The molecule has 0 unspecified atom stereocenters. The number of imidazole rings is 1. The van der Waals surface area contributed by atoms with Crippen LogP contribution < -0.4 is 4.74 Å². The van der Waals surface area contributed by atoms with Crippen molar-refractivity contribution >= 4 is 27.0 Å². The molecule has 0 amide bonds. The first-order valence-electron chi connectivity index (χ1n) is 7.14. The molecule has 0 aliphatic heterocycles. The van der Waals surface area contributed by atoms with E-state index in [-0.39, 0.29) is 4.90 Å². The molecule has 1 aromatic carbocycles. The first-order chi connectivity index (χ1) is 11.2. The molecule has 3 aromatic rings. The van der Waals surface area contributed by atoms with Crippen LogP contribution in [-0.2, 0) is 16.3 Å². The minimum Gasteiger partial charge on any atom is -0.495 e. The Morgan fingerprint density at radius 3 is 2.62 bits per heavy atom. The standard InChI is InChI=1S/C15H17N3O4S2/c1-8-12(9-5-6-10(22-4)11(7-9)24(20)21)18-14(16-8)23-13(17-18)15(2,3)19/h5-7,19,24H,1-4H3. The number of hydrogen-bond acceptors (Lipinski definition) is 7. The van der Waals surface area contributed by atoms with E-state index >= 15 is 0 Å². The van der Waals surface area contributed by atoms with Gasteiger partial charge in [-0.1, -0.05) is 11.3 Å². The normalized spacial score (nSPS) is 12.2. The van der Waals surface area contributed by atoms with Crippen molar-refractivity contribution in [3.05, 3.63) is 28.9 Å². The molecule has 1 N–H and O–H groups in total. The number of benzene rings is 1. The number of rotatable bonds is 4. The highest BCUT2D eigenvalue weighted by Crippen LogP contribution is 2.33. The van der Waals surface area contributed by atoms with Gasteiger partial charge >= 0.3 is 0 Å². The van der Waals surface area contributed by atoms with E-state index in [4.69, 9.17) is 4.74 Å². The third-order valence-corrected chi connectivity index (χ3v) is 5.51. The summed E-state index contributed by atoms with van der Waals surface area (Å²) in [5, 5.41) is 15.1. The van der Waals surface area contributed by atoms with Gasteiger partial charge in [-0.05, 0) is 39.0 Å². The van der Waals surface area contributed by atoms with Gasteiger partial charge in [-0.15, -0.1) is 0 Å². The van der Waals surface area contributed by atoms with Crippen molar-refractivity contribution in [3.63, 3.8) is 0 Å². The van der Waals surface area contributed by atoms with Crippen LogP contribution in [0.1, 0.15) is 24.5 Å². The summed E-state index contributed by atoms with van der Waals surface area (Å²) in [6.45, 7) is 5.15. The summed E-state index contributed by atoms with van der Waals surface area (Å²) in [4.78, 5) is 5.22. The molecule has 0 atom stereocenters. The second-order valence-corrected chi connectivity index (χ2v) is 7.80. The van der Waals surface area contributed by atoms with Gasteiger partial charge in [-0.25, -0.2) is 17.9 Å². The number of ether oxygens (including phenoxy) is 1. The molecule has 0 aliphatic rings. The molecule has 0 saturated heterocycles. The van der Waals surface area contributed by atoms with E-state index in [1.807, 2.05) is 6.92 Å². The summed E-state index contributed by atoms with van der Waals surface area (Å²) in [7, 11) is -1.37. The minimum atomic E-state index is -2.79. The van der Waals surface area contributed by atoms with E-state index in [0.717, 1.165) is 5.69 Å². The van der Waals surface area contributed by atoms with Gasteiger partial charge in [-0.3, -0.25) is 0 Å². The lowest BCUT2D eigenvalue weighted by Gasteiger charge is -2.11. The highest BCUT2D eigenvalue weighted by Gasteiger charge is 2.24. The summed E-state index contributed by atoms with van der Waals surface area (Å²) < 4.78 is 29.7. The summed E-state index contributed by atoms with van der Waals surface area (Å²) in [6, 6.07) is 4.92. The van der Waals surface area contributed by atoms with Crippen LogP contribution in [-0.4, -0.2) is 35.2 Å². The number of thiol groups is 1. The van der Waals surface area contributed by atoms with Crippen LogP contribution >= 0.6 is 11.3 Å². The van der Waals surface area contributed by atoms with Crippen molar-refractivity contribution in [1.29, 1.82) is 0 Å². The van der Waals surface area contributed by atoms with Crippen LogP contribution in [0.3, 0.4) is 0 Å². The number of aryl methyl sites for hydroxylation is 1. The zero-order chi connectivity index (χ0) is 17.6. The monoisotopic (exact) mass is 367 g/mol. The molecular weight excluding hydrogens is 350 g/mol. The number of methoxy groups -OCH3 is 1. The summed E-state index contributed by atoms with van der Waals surface area (Å²) in [6.07, 6.45) is 0. The van der Waals surface area contributed by atoms with E-state index in [1.165, 1.54) is 18.4 Å². The second kappa shape index (κ2) is 5.83. The molecule has 3 rings (SSSR count). The highest BCUT2D eigenvalue weighted by molar-refractivity contribution is 7.72. The van der Waals surface area contributed by atoms with E-state index in [9.17, 15) is 13.5 Å². The van der Waals surface area contributed by atoms with Gasteiger partial charge < -0.3 is 9.84 Å². The van der Waals surface area contributed by atoms with E-state index in [2.05, 4.69) is 10.1 Å². The zero-order valence-electron chi connectivity index (χ0n) is 13.6.